The molecule has 3 saturated heterocycles. The van der Waals surface area contributed by atoms with Crippen LogP contribution in [0.15, 0.2) is 49.2 Å². The van der Waals surface area contributed by atoms with Crippen molar-refractivity contribution in [2.75, 3.05) is 80.7 Å². The van der Waals surface area contributed by atoms with E-state index < -0.39 is 0 Å². The quantitative estimate of drug-likeness (QED) is 0.222. The maximum Gasteiger partial charge on any atom is 0.274 e. The largest absolute Gasteiger partial charge is 0.365 e. The van der Waals surface area contributed by atoms with Crippen LogP contribution >= 0.6 is 11.6 Å². The second-order valence-electron chi connectivity index (χ2n) is 14.7. The summed E-state index contributed by atoms with van der Waals surface area (Å²) in [5, 5.41) is 17.8. The van der Waals surface area contributed by atoms with Crippen LogP contribution in [0.1, 0.15) is 61.1 Å². The van der Waals surface area contributed by atoms with Gasteiger partial charge in [0.15, 0.2) is 0 Å². The third-order valence-corrected chi connectivity index (χ3v) is 11.6. The van der Waals surface area contributed by atoms with Crippen molar-refractivity contribution in [1.82, 2.24) is 39.8 Å². The first-order valence-corrected chi connectivity index (χ1v) is 19.4. The third-order valence-electron chi connectivity index (χ3n) is 11.3. The lowest BCUT2D eigenvalue weighted by Gasteiger charge is -2.41. The van der Waals surface area contributed by atoms with Gasteiger partial charge in [0.1, 0.15) is 17.6 Å². The highest BCUT2D eigenvalue weighted by Gasteiger charge is 2.30. The fraction of sp³-hybridized carbons (Fsp3) is 0.487. The minimum Gasteiger partial charge on any atom is -0.365 e. The maximum absolute atomic E-state index is 13.4. The lowest BCUT2D eigenvalue weighted by Crippen LogP contribution is -2.54. The number of anilines is 3. The molecular formula is C39H47ClN12O3. The molecule has 0 saturated carbocycles. The van der Waals surface area contributed by atoms with Gasteiger partial charge in [0, 0.05) is 89.5 Å². The normalized spacial score (nSPS) is 18.7. The number of amides is 3. The average molecular weight is 767 g/mol. The summed E-state index contributed by atoms with van der Waals surface area (Å²) < 4.78 is 2.06. The monoisotopic (exact) mass is 766 g/mol. The van der Waals surface area contributed by atoms with E-state index in [1.54, 1.807) is 37.9 Å². The summed E-state index contributed by atoms with van der Waals surface area (Å²) in [5.41, 5.74) is 3.30. The van der Waals surface area contributed by atoms with Gasteiger partial charge in [-0.25, -0.2) is 9.97 Å². The number of halogens is 1. The highest BCUT2D eigenvalue weighted by atomic mass is 35.5. The Morgan fingerprint density at radius 2 is 1.82 bits per heavy atom. The van der Waals surface area contributed by atoms with Gasteiger partial charge in [-0.1, -0.05) is 11.6 Å². The summed E-state index contributed by atoms with van der Waals surface area (Å²) in [5.74, 6) is 1.16. The van der Waals surface area contributed by atoms with Crippen molar-refractivity contribution in [2.45, 2.75) is 51.1 Å². The van der Waals surface area contributed by atoms with E-state index in [-0.39, 0.29) is 36.9 Å². The topological polar surface area (TPSA) is 160 Å². The summed E-state index contributed by atoms with van der Waals surface area (Å²) in [7, 11) is 1.58. The molecule has 7 rings (SSSR count). The van der Waals surface area contributed by atoms with E-state index in [2.05, 4.69) is 52.6 Å². The number of nitriles is 1. The van der Waals surface area contributed by atoms with Crippen molar-refractivity contribution < 1.29 is 14.4 Å². The van der Waals surface area contributed by atoms with Crippen molar-refractivity contribution in [3.63, 3.8) is 0 Å². The lowest BCUT2D eigenvalue weighted by molar-refractivity contribution is -0.120. The second kappa shape index (κ2) is 17.0. The van der Waals surface area contributed by atoms with Crippen molar-refractivity contribution >= 4 is 57.9 Å². The van der Waals surface area contributed by atoms with E-state index in [9.17, 15) is 19.6 Å². The molecule has 16 heteroatoms. The fourth-order valence-electron chi connectivity index (χ4n) is 8.15. The van der Waals surface area contributed by atoms with Gasteiger partial charge >= 0.3 is 0 Å². The Morgan fingerprint density at radius 3 is 2.49 bits per heavy atom. The first-order chi connectivity index (χ1) is 26.8. The Kier molecular flexibility index (Phi) is 11.7. The van der Waals surface area contributed by atoms with Crippen LogP contribution in [0.25, 0.3) is 10.9 Å². The minimum atomic E-state index is -0.125. The highest BCUT2D eigenvalue weighted by Crippen LogP contribution is 2.32. The number of pyridine rings is 1. The molecule has 1 unspecified atom stereocenters. The number of carbonyl (C=O) groups excluding carboxylic acids is 3. The molecule has 1 aromatic carbocycles. The number of benzene rings is 1. The van der Waals surface area contributed by atoms with Crippen LogP contribution in [-0.2, 0) is 9.59 Å². The van der Waals surface area contributed by atoms with Crippen LogP contribution in [-0.4, -0.2) is 125 Å². The standard InChI is InChI=1S/C39H47ClN12O3/c1-27-24-49(15-16-51(27)31-4-3-29(18-41)33(40)17-31)39(55)34-20-45-37(23-44-34)48-12-5-28(6-13-48)25-47-10-7-30(8-11-47)52-36-22-43-21-35(32(36)19-46-52)50(26-53)14-9-38(54)42-2/h3-4,17,19-23,26-28,30H,5-16,24-25H2,1-2H3,(H,42,54). The van der Waals surface area contributed by atoms with Crippen LogP contribution < -0.4 is 20.0 Å². The summed E-state index contributed by atoms with van der Waals surface area (Å²) in [6.45, 7) is 8.95. The van der Waals surface area contributed by atoms with Crippen molar-refractivity contribution in [1.29, 1.82) is 5.26 Å². The lowest BCUT2D eigenvalue weighted by atomic mass is 9.94. The van der Waals surface area contributed by atoms with Gasteiger partial charge in [-0.2, -0.15) is 10.4 Å². The molecule has 0 bridgehead atoms. The zero-order chi connectivity index (χ0) is 38.5. The molecule has 3 aromatic heterocycles. The average Bonchev–Trinajstić information content (AvgIpc) is 3.66. The van der Waals surface area contributed by atoms with Gasteiger partial charge in [-0.05, 0) is 56.7 Å². The molecular weight excluding hydrogens is 720 g/mol. The summed E-state index contributed by atoms with van der Waals surface area (Å²) in [4.78, 5) is 61.1. The van der Waals surface area contributed by atoms with Gasteiger partial charge in [-0.15, -0.1) is 0 Å². The number of aromatic nitrogens is 5. The molecule has 55 heavy (non-hydrogen) atoms. The first-order valence-electron chi connectivity index (χ1n) is 19.0. The van der Waals surface area contributed by atoms with Crippen LogP contribution in [0, 0.1) is 17.2 Å². The van der Waals surface area contributed by atoms with Crippen LogP contribution in [0.2, 0.25) is 5.02 Å². The number of nitrogens with zero attached hydrogens (tertiary/aromatic N) is 11. The molecule has 1 atom stereocenters. The van der Waals surface area contributed by atoms with E-state index in [0.717, 1.165) is 87.2 Å². The second-order valence-corrected chi connectivity index (χ2v) is 15.1. The van der Waals surface area contributed by atoms with E-state index >= 15 is 0 Å². The molecule has 3 aliphatic rings. The van der Waals surface area contributed by atoms with Gasteiger partial charge in [0.25, 0.3) is 5.91 Å². The zero-order valence-electron chi connectivity index (χ0n) is 31.3. The van der Waals surface area contributed by atoms with E-state index in [1.165, 1.54) is 4.90 Å². The molecule has 6 heterocycles. The van der Waals surface area contributed by atoms with Crippen molar-refractivity contribution in [3.8, 4) is 6.07 Å². The van der Waals surface area contributed by atoms with Gasteiger partial charge in [0.05, 0.1) is 58.8 Å². The fourth-order valence-corrected chi connectivity index (χ4v) is 8.37. The molecule has 0 spiro atoms. The minimum absolute atomic E-state index is 0.0695. The van der Waals surface area contributed by atoms with Crippen LogP contribution in [0.4, 0.5) is 17.2 Å². The molecule has 3 aliphatic heterocycles. The molecule has 0 aliphatic carbocycles. The van der Waals surface area contributed by atoms with Gasteiger partial charge in [-0.3, -0.25) is 24.0 Å². The molecule has 3 fully saturated rings. The predicted octanol–water partition coefficient (Wildman–Crippen LogP) is 3.75. The number of hydrogen-bond donors (Lipinski definition) is 1. The molecule has 1 N–H and O–H groups in total. The number of hydrogen-bond acceptors (Lipinski definition) is 11. The first kappa shape index (κ1) is 38.0. The number of carbonyl (C=O) groups is 3. The Morgan fingerprint density at radius 1 is 1.02 bits per heavy atom. The zero-order valence-corrected chi connectivity index (χ0v) is 32.1. The van der Waals surface area contributed by atoms with Gasteiger partial charge < -0.3 is 29.8 Å². The van der Waals surface area contributed by atoms with Crippen LogP contribution in [0.3, 0.4) is 0 Å². The van der Waals surface area contributed by atoms with E-state index in [0.29, 0.717) is 47.5 Å². The highest BCUT2D eigenvalue weighted by molar-refractivity contribution is 6.32. The number of piperazine rings is 1. The summed E-state index contributed by atoms with van der Waals surface area (Å²) in [6, 6.07) is 7.87. The van der Waals surface area contributed by atoms with Crippen LogP contribution in [0.5, 0.6) is 0 Å². The Labute approximate surface area is 325 Å². The molecule has 0 radical (unpaired) electrons. The maximum atomic E-state index is 13.4. The summed E-state index contributed by atoms with van der Waals surface area (Å²) in [6.07, 6.45) is 13.7. The predicted molar refractivity (Wildman–Crippen MR) is 210 cm³/mol. The molecule has 288 valence electrons. The third kappa shape index (κ3) is 8.35. The number of likely N-dealkylation sites (tertiary alicyclic amines) is 1. The SMILES string of the molecule is CNC(=O)CCN(C=O)c1cncc2c1cnn2C1CCN(CC2CCN(c3cnc(C(=O)N4CCN(c5ccc(C#N)c(Cl)c5)C(C)C4)cn3)CC2)CC1. The van der Waals surface area contributed by atoms with Gasteiger partial charge in [0.2, 0.25) is 12.3 Å². The number of nitrogens with one attached hydrogen (secondary N) is 1. The van der Waals surface area contributed by atoms with Crippen molar-refractivity contribution in [3.05, 3.63) is 65.5 Å². The summed E-state index contributed by atoms with van der Waals surface area (Å²) >= 11 is 6.28. The number of piperidine rings is 2. The Hall–Kier alpha value is -5.33. The van der Waals surface area contributed by atoms with E-state index in [4.69, 9.17) is 16.7 Å². The molecule has 4 aromatic rings. The van der Waals surface area contributed by atoms with E-state index in [1.807, 2.05) is 23.2 Å². The smallest absolute Gasteiger partial charge is 0.274 e. The Balaban J connectivity index is 0.864. The number of rotatable bonds is 11. The Bertz CT molecular complexity index is 2040. The molecule has 15 nitrogen and oxygen atoms in total. The molecule has 3 amide bonds. The number of fused-ring (bicyclic) bond motifs is 1. The van der Waals surface area contributed by atoms with Crippen molar-refractivity contribution in [2.24, 2.45) is 5.92 Å².